The number of carbonyl (C=O) groups is 1. The van der Waals surface area contributed by atoms with Crippen molar-refractivity contribution in [3.05, 3.63) is 24.3 Å². The van der Waals surface area contributed by atoms with Gasteiger partial charge in [0.1, 0.15) is 0 Å². The molecule has 0 aromatic rings. The minimum atomic E-state index is -0.491. The zero-order valence-corrected chi connectivity index (χ0v) is 6.00. The zero-order valence-electron chi connectivity index (χ0n) is 6.00. The fourth-order valence-electron chi connectivity index (χ4n) is 0.626. The monoisotopic (exact) mass is 140 g/mol. The summed E-state index contributed by atoms with van der Waals surface area (Å²) in [6.45, 7) is 5.15. The van der Waals surface area contributed by atoms with Crippen LogP contribution in [0, 0.1) is 0 Å². The largest absolute Gasteiger partial charge is 0.366 e. The summed E-state index contributed by atoms with van der Waals surface area (Å²) in [5.41, 5.74) is 10.8. The Hall–Kier alpha value is -1.09. The number of hydrogen-bond acceptors (Lipinski definition) is 2. The fourth-order valence-corrected chi connectivity index (χ4v) is 0.626. The summed E-state index contributed by atoms with van der Waals surface area (Å²) in [6.07, 6.45) is 3.06. The molecular weight excluding hydrogens is 128 g/mol. The van der Waals surface area contributed by atoms with Crippen molar-refractivity contribution >= 4 is 5.91 Å². The van der Waals surface area contributed by atoms with Crippen LogP contribution in [0.1, 0.15) is 6.92 Å². The molecule has 0 bridgehead atoms. The Kier molecular flexibility index (Phi) is 3.43. The molecular formula is C7H12N2O. The Balaban J connectivity index is 4.37. The molecule has 1 unspecified atom stereocenters. The highest BCUT2D eigenvalue weighted by atomic mass is 16.1. The van der Waals surface area contributed by atoms with Gasteiger partial charge >= 0.3 is 0 Å². The van der Waals surface area contributed by atoms with Crippen LogP contribution in [0.4, 0.5) is 0 Å². The molecule has 0 heterocycles. The number of hydrogen-bond donors (Lipinski definition) is 2. The summed E-state index contributed by atoms with van der Waals surface area (Å²) in [5, 5.41) is 0. The molecule has 0 fully saturated rings. The first-order valence-corrected chi connectivity index (χ1v) is 2.97. The van der Waals surface area contributed by atoms with Crippen LogP contribution in [0.3, 0.4) is 0 Å². The van der Waals surface area contributed by atoms with Crippen LogP contribution in [0.5, 0.6) is 0 Å². The van der Waals surface area contributed by atoms with Crippen molar-refractivity contribution in [2.45, 2.75) is 13.0 Å². The van der Waals surface area contributed by atoms with E-state index in [0.717, 1.165) is 0 Å². The van der Waals surface area contributed by atoms with E-state index < -0.39 is 11.9 Å². The molecule has 0 saturated carbocycles. The maximum atomic E-state index is 10.6. The lowest BCUT2D eigenvalue weighted by atomic mass is 10.1. The molecule has 0 aliphatic heterocycles. The number of amides is 1. The van der Waals surface area contributed by atoms with Crippen molar-refractivity contribution in [3.63, 3.8) is 0 Å². The van der Waals surface area contributed by atoms with Crippen LogP contribution >= 0.6 is 0 Å². The molecule has 3 heteroatoms. The normalized spacial score (nSPS) is 14.4. The second-order valence-corrected chi connectivity index (χ2v) is 1.87. The molecule has 0 aromatic carbocycles. The molecule has 1 amide bonds. The Morgan fingerprint density at radius 2 is 2.20 bits per heavy atom. The van der Waals surface area contributed by atoms with Gasteiger partial charge in [-0.3, -0.25) is 4.79 Å². The number of primary amides is 1. The maximum absolute atomic E-state index is 10.6. The summed E-state index contributed by atoms with van der Waals surface area (Å²) in [4.78, 5) is 10.6. The van der Waals surface area contributed by atoms with E-state index in [2.05, 4.69) is 6.58 Å². The molecule has 0 radical (unpaired) electrons. The van der Waals surface area contributed by atoms with Gasteiger partial charge in [0.2, 0.25) is 5.91 Å². The summed E-state index contributed by atoms with van der Waals surface area (Å²) in [7, 11) is 0. The molecule has 0 rings (SSSR count). The zero-order chi connectivity index (χ0) is 8.15. The molecule has 4 N–H and O–H groups in total. The third kappa shape index (κ3) is 2.03. The standard InChI is InChI=1S/C7H12N2O/c1-3-5(7(9)10)6(8)4-2/h3-4,6H,2,8H2,1H3,(H2,9,10). The van der Waals surface area contributed by atoms with Gasteiger partial charge in [-0.2, -0.15) is 0 Å². The lowest BCUT2D eigenvalue weighted by Crippen LogP contribution is -2.29. The van der Waals surface area contributed by atoms with E-state index in [0.29, 0.717) is 5.57 Å². The average Bonchev–Trinajstić information content (AvgIpc) is 1.88. The molecule has 1 atom stereocenters. The van der Waals surface area contributed by atoms with E-state index in [4.69, 9.17) is 11.5 Å². The van der Waals surface area contributed by atoms with Gasteiger partial charge in [-0.15, -0.1) is 6.58 Å². The van der Waals surface area contributed by atoms with Crippen molar-refractivity contribution in [1.82, 2.24) is 0 Å². The van der Waals surface area contributed by atoms with Gasteiger partial charge in [-0.1, -0.05) is 12.2 Å². The highest BCUT2D eigenvalue weighted by Crippen LogP contribution is 1.98. The predicted molar refractivity (Wildman–Crippen MR) is 41.1 cm³/mol. The molecule has 0 aliphatic carbocycles. The average molecular weight is 140 g/mol. The van der Waals surface area contributed by atoms with E-state index in [1.54, 1.807) is 13.0 Å². The maximum Gasteiger partial charge on any atom is 0.246 e. The van der Waals surface area contributed by atoms with E-state index >= 15 is 0 Å². The molecule has 0 aromatic heterocycles. The van der Waals surface area contributed by atoms with Crippen LogP contribution in [-0.2, 0) is 4.79 Å². The second kappa shape index (κ2) is 3.85. The Bertz CT molecular complexity index is 172. The van der Waals surface area contributed by atoms with Gasteiger partial charge in [-0.05, 0) is 6.92 Å². The molecule has 56 valence electrons. The highest BCUT2D eigenvalue weighted by molar-refractivity contribution is 5.93. The highest BCUT2D eigenvalue weighted by Gasteiger charge is 2.08. The smallest absolute Gasteiger partial charge is 0.246 e. The van der Waals surface area contributed by atoms with Gasteiger partial charge in [-0.25, -0.2) is 0 Å². The quantitative estimate of drug-likeness (QED) is 0.425. The van der Waals surface area contributed by atoms with Crippen molar-refractivity contribution in [2.75, 3.05) is 0 Å². The topological polar surface area (TPSA) is 69.1 Å². The van der Waals surface area contributed by atoms with Gasteiger partial charge in [0.15, 0.2) is 0 Å². The second-order valence-electron chi connectivity index (χ2n) is 1.87. The van der Waals surface area contributed by atoms with Gasteiger partial charge < -0.3 is 11.5 Å². The van der Waals surface area contributed by atoms with Crippen molar-refractivity contribution in [3.8, 4) is 0 Å². The molecule has 0 spiro atoms. The van der Waals surface area contributed by atoms with E-state index in [-0.39, 0.29) is 0 Å². The molecule has 0 saturated heterocycles. The van der Waals surface area contributed by atoms with Crippen LogP contribution in [0.15, 0.2) is 24.3 Å². The summed E-state index contributed by atoms with van der Waals surface area (Å²) in [5.74, 6) is -0.491. The number of rotatable bonds is 3. The van der Waals surface area contributed by atoms with Crippen LogP contribution in [0.25, 0.3) is 0 Å². The predicted octanol–water partition coefficient (Wildman–Crippen LogP) is -0.0687. The molecule has 10 heavy (non-hydrogen) atoms. The van der Waals surface area contributed by atoms with Crippen LogP contribution in [0.2, 0.25) is 0 Å². The summed E-state index contributed by atoms with van der Waals surface area (Å²) in [6, 6.07) is -0.442. The third-order valence-corrected chi connectivity index (χ3v) is 1.21. The fraction of sp³-hybridized carbons (Fsp3) is 0.286. The lowest BCUT2D eigenvalue weighted by Gasteiger charge is -2.05. The Labute approximate surface area is 60.4 Å². The van der Waals surface area contributed by atoms with Gasteiger partial charge in [0.25, 0.3) is 0 Å². The Morgan fingerprint density at radius 1 is 1.70 bits per heavy atom. The van der Waals surface area contributed by atoms with Gasteiger partial charge in [0, 0.05) is 5.57 Å². The third-order valence-electron chi connectivity index (χ3n) is 1.21. The SMILES string of the molecule is C=CC(N)C(=CC)C(N)=O. The van der Waals surface area contributed by atoms with Crippen LogP contribution < -0.4 is 11.5 Å². The Morgan fingerprint density at radius 3 is 2.30 bits per heavy atom. The first-order chi connectivity index (χ1) is 4.63. The van der Waals surface area contributed by atoms with Crippen LogP contribution in [-0.4, -0.2) is 11.9 Å². The number of nitrogens with two attached hydrogens (primary N) is 2. The lowest BCUT2D eigenvalue weighted by molar-refractivity contribution is -0.114. The molecule has 3 nitrogen and oxygen atoms in total. The van der Waals surface area contributed by atoms with Crippen molar-refractivity contribution < 1.29 is 4.79 Å². The summed E-state index contributed by atoms with van der Waals surface area (Å²) < 4.78 is 0. The van der Waals surface area contributed by atoms with E-state index in [1.807, 2.05) is 0 Å². The number of carbonyl (C=O) groups excluding carboxylic acids is 1. The van der Waals surface area contributed by atoms with Gasteiger partial charge in [0.05, 0.1) is 6.04 Å². The number of allylic oxidation sites excluding steroid dienone is 1. The van der Waals surface area contributed by atoms with E-state index in [9.17, 15) is 4.79 Å². The van der Waals surface area contributed by atoms with Crippen molar-refractivity contribution in [2.24, 2.45) is 11.5 Å². The minimum absolute atomic E-state index is 0.398. The minimum Gasteiger partial charge on any atom is -0.366 e. The molecule has 0 aliphatic rings. The van der Waals surface area contributed by atoms with Crippen molar-refractivity contribution in [1.29, 1.82) is 0 Å². The first-order valence-electron chi connectivity index (χ1n) is 2.97. The van der Waals surface area contributed by atoms with E-state index in [1.165, 1.54) is 6.08 Å². The summed E-state index contributed by atoms with van der Waals surface area (Å²) >= 11 is 0. The first kappa shape index (κ1) is 8.91.